The van der Waals surface area contributed by atoms with Gasteiger partial charge in [0.15, 0.2) is 0 Å². The van der Waals surface area contributed by atoms with E-state index < -0.39 is 11.2 Å². The van der Waals surface area contributed by atoms with Gasteiger partial charge in [0.25, 0.3) is 0 Å². The molecule has 0 bridgehead atoms. The second-order valence-electron chi connectivity index (χ2n) is 8.15. The Kier molecular flexibility index (Phi) is 8.27. The summed E-state index contributed by atoms with van der Waals surface area (Å²) in [4.78, 5) is 0. The zero-order valence-electron chi connectivity index (χ0n) is 18.2. The fourth-order valence-electron chi connectivity index (χ4n) is 4.69. The van der Waals surface area contributed by atoms with Gasteiger partial charge in [-0.1, -0.05) is 102 Å². The molecule has 0 aliphatic rings. The zero-order valence-corrected chi connectivity index (χ0v) is 18.2. The van der Waals surface area contributed by atoms with Gasteiger partial charge in [0, 0.05) is 0 Å². The van der Waals surface area contributed by atoms with E-state index in [0.717, 1.165) is 73.6 Å². The Morgan fingerprint density at radius 3 is 1.11 bits per heavy atom. The maximum absolute atomic E-state index is 11.6. The predicted molar refractivity (Wildman–Crippen MR) is 119 cm³/mol. The van der Waals surface area contributed by atoms with Gasteiger partial charge < -0.3 is 10.2 Å². The van der Waals surface area contributed by atoms with Crippen molar-refractivity contribution in [3.05, 3.63) is 59.7 Å². The molecule has 2 aromatic carbocycles. The van der Waals surface area contributed by atoms with Crippen molar-refractivity contribution < 1.29 is 10.2 Å². The van der Waals surface area contributed by atoms with E-state index in [1.165, 1.54) is 0 Å². The molecule has 0 radical (unpaired) electrons. The highest BCUT2D eigenvalue weighted by Crippen LogP contribution is 2.43. The zero-order chi connectivity index (χ0) is 20.6. The first kappa shape index (κ1) is 22.6. The number of hydrogen-bond donors (Lipinski definition) is 2. The summed E-state index contributed by atoms with van der Waals surface area (Å²) in [7, 11) is 0. The third-order valence-electron chi connectivity index (χ3n) is 5.80. The van der Waals surface area contributed by atoms with Gasteiger partial charge in [-0.15, -0.1) is 0 Å². The molecule has 0 unspecified atom stereocenters. The maximum Gasteiger partial charge on any atom is 0.0902 e. The van der Waals surface area contributed by atoms with Crippen molar-refractivity contribution in [2.45, 2.75) is 90.3 Å². The van der Waals surface area contributed by atoms with Crippen LogP contribution < -0.4 is 0 Å². The molecule has 0 amide bonds. The predicted octanol–water partition coefficient (Wildman–Crippen LogP) is 6.93. The minimum atomic E-state index is -0.833. The lowest BCUT2D eigenvalue weighted by Crippen LogP contribution is -2.28. The van der Waals surface area contributed by atoms with E-state index in [4.69, 9.17) is 0 Å². The lowest BCUT2D eigenvalue weighted by Gasteiger charge is -2.34. The lowest BCUT2D eigenvalue weighted by atomic mass is 9.77. The van der Waals surface area contributed by atoms with Crippen molar-refractivity contribution in [2.75, 3.05) is 0 Å². The molecule has 0 heterocycles. The number of hydrogen-bond acceptors (Lipinski definition) is 2. The van der Waals surface area contributed by atoms with Crippen molar-refractivity contribution in [3.8, 4) is 11.1 Å². The molecule has 0 aliphatic heterocycles. The van der Waals surface area contributed by atoms with Crippen molar-refractivity contribution in [1.82, 2.24) is 0 Å². The number of rotatable bonds is 11. The van der Waals surface area contributed by atoms with Crippen LogP contribution in [-0.2, 0) is 11.2 Å². The van der Waals surface area contributed by atoms with Crippen molar-refractivity contribution in [1.29, 1.82) is 0 Å². The first-order valence-electron chi connectivity index (χ1n) is 11.1. The lowest BCUT2D eigenvalue weighted by molar-refractivity contribution is 0.0154. The highest BCUT2D eigenvalue weighted by molar-refractivity contribution is 5.72. The molecule has 2 rings (SSSR count). The molecular formula is C26H38O2. The smallest absolute Gasteiger partial charge is 0.0902 e. The van der Waals surface area contributed by atoms with Crippen LogP contribution in [-0.4, -0.2) is 10.2 Å². The Morgan fingerprint density at radius 1 is 0.536 bits per heavy atom. The Bertz CT molecular complexity index is 659. The highest BCUT2D eigenvalue weighted by Gasteiger charge is 2.33. The number of benzene rings is 2. The van der Waals surface area contributed by atoms with Gasteiger partial charge in [0.2, 0.25) is 0 Å². The van der Waals surface area contributed by atoms with Gasteiger partial charge in [-0.25, -0.2) is 0 Å². The third kappa shape index (κ3) is 4.85. The van der Waals surface area contributed by atoms with E-state index >= 15 is 0 Å². The highest BCUT2D eigenvalue weighted by atomic mass is 16.3. The van der Waals surface area contributed by atoms with Crippen LogP contribution in [0.25, 0.3) is 11.1 Å². The first-order valence-corrected chi connectivity index (χ1v) is 11.1. The van der Waals surface area contributed by atoms with Gasteiger partial charge in [-0.2, -0.15) is 0 Å². The standard InChI is InChI=1S/C26H38O2/c1-5-17-25(27,18-6-2)23-15-11-9-13-21(23)22-14-10-12-16-24(22)26(28,19-7-3)20-8-4/h9-16,27-28H,5-8,17-20H2,1-4H3. The van der Waals surface area contributed by atoms with Crippen LogP contribution in [0, 0.1) is 0 Å². The molecule has 2 N–H and O–H groups in total. The molecule has 28 heavy (non-hydrogen) atoms. The summed E-state index contributed by atoms with van der Waals surface area (Å²) in [6.45, 7) is 8.49. The molecule has 2 aromatic rings. The second-order valence-corrected chi connectivity index (χ2v) is 8.15. The van der Waals surface area contributed by atoms with E-state index in [9.17, 15) is 10.2 Å². The summed E-state index contributed by atoms with van der Waals surface area (Å²) in [6, 6.07) is 16.4. The normalized spacial score (nSPS) is 12.4. The first-order chi connectivity index (χ1) is 13.5. The summed E-state index contributed by atoms with van der Waals surface area (Å²) in [5, 5.41) is 23.1. The van der Waals surface area contributed by atoms with Crippen LogP contribution in [0.15, 0.2) is 48.5 Å². The molecule has 2 nitrogen and oxygen atoms in total. The molecule has 0 atom stereocenters. The van der Waals surface area contributed by atoms with Gasteiger partial charge in [-0.05, 0) is 47.9 Å². The molecular weight excluding hydrogens is 344 g/mol. The number of aliphatic hydroxyl groups is 2. The summed E-state index contributed by atoms with van der Waals surface area (Å²) in [5.41, 5.74) is 2.41. The maximum atomic E-state index is 11.6. The molecule has 0 aromatic heterocycles. The van der Waals surface area contributed by atoms with E-state index in [2.05, 4.69) is 52.0 Å². The fourth-order valence-corrected chi connectivity index (χ4v) is 4.69. The van der Waals surface area contributed by atoms with Crippen molar-refractivity contribution in [3.63, 3.8) is 0 Å². The van der Waals surface area contributed by atoms with Gasteiger partial charge in [0.05, 0.1) is 11.2 Å². The van der Waals surface area contributed by atoms with Crippen LogP contribution in [0.4, 0.5) is 0 Å². The minimum absolute atomic E-state index is 0.744. The summed E-state index contributed by atoms with van der Waals surface area (Å²) >= 11 is 0. The van der Waals surface area contributed by atoms with Crippen LogP contribution in [0.5, 0.6) is 0 Å². The van der Waals surface area contributed by atoms with Crippen LogP contribution >= 0.6 is 0 Å². The SMILES string of the molecule is CCCC(O)(CCC)c1ccccc1-c1ccccc1C(O)(CCC)CCC. The molecule has 0 fully saturated rings. The van der Waals surface area contributed by atoms with E-state index in [0.29, 0.717) is 0 Å². The molecule has 0 saturated heterocycles. The molecule has 0 aliphatic carbocycles. The Hall–Kier alpha value is -1.64. The summed E-state index contributed by atoms with van der Waals surface area (Å²) < 4.78 is 0. The molecule has 0 saturated carbocycles. The summed E-state index contributed by atoms with van der Waals surface area (Å²) in [6.07, 6.45) is 6.71. The Labute approximate surface area is 171 Å². The van der Waals surface area contributed by atoms with Gasteiger partial charge in [-0.3, -0.25) is 0 Å². The molecule has 154 valence electrons. The largest absolute Gasteiger partial charge is 0.385 e. The quantitative estimate of drug-likeness (QED) is 0.442. The van der Waals surface area contributed by atoms with Crippen molar-refractivity contribution >= 4 is 0 Å². The van der Waals surface area contributed by atoms with Crippen LogP contribution in [0.1, 0.15) is 90.2 Å². The third-order valence-corrected chi connectivity index (χ3v) is 5.80. The van der Waals surface area contributed by atoms with E-state index in [-0.39, 0.29) is 0 Å². The Morgan fingerprint density at radius 2 is 0.821 bits per heavy atom. The fraction of sp³-hybridized carbons (Fsp3) is 0.538. The van der Waals surface area contributed by atoms with Crippen LogP contribution in [0.2, 0.25) is 0 Å². The Balaban J connectivity index is 2.68. The average Bonchev–Trinajstić information content (AvgIpc) is 2.69. The minimum Gasteiger partial charge on any atom is -0.385 e. The average molecular weight is 383 g/mol. The van der Waals surface area contributed by atoms with Gasteiger partial charge >= 0.3 is 0 Å². The molecule has 0 spiro atoms. The molecule has 2 heteroatoms. The van der Waals surface area contributed by atoms with Crippen molar-refractivity contribution in [2.24, 2.45) is 0 Å². The second kappa shape index (κ2) is 10.2. The summed E-state index contributed by atoms with van der Waals surface area (Å²) in [5.74, 6) is 0. The van der Waals surface area contributed by atoms with Crippen LogP contribution in [0.3, 0.4) is 0 Å². The van der Waals surface area contributed by atoms with E-state index in [1.807, 2.05) is 24.3 Å². The monoisotopic (exact) mass is 382 g/mol. The van der Waals surface area contributed by atoms with Gasteiger partial charge in [0.1, 0.15) is 0 Å². The topological polar surface area (TPSA) is 40.5 Å². The van der Waals surface area contributed by atoms with E-state index in [1.54, 1.807) is 0 Å².